The first-order chi connectivity index (χ1) is 16.6. The van der Waals surface area contributed by atoms with E-state index >= 15 is 0 Å². The van der Waals surface area contributed by atoms with Gasteiger partial charge in [0.15, 0.2) is 0 Å². The van der Waals surface area contributed by atoms with E-state index in [1.54, 1.807) is 38.1 Å². The summed E-state index contributed by atoms with van der Waals surface area (Å²) < 4.78 is 12.4. The normalized spacial score (nSPS) is 15.2. The molecule has 180 valence electrons. The number of carboxylic acids is 1. The first-order valence-electron chi connectivity index (χ1n) is 11.2. The molecule has 0 saturated heterocycles. The molecular weight excluding hydrogens is 510 g/mol. The summed E-state index contributed by atoms with van der Waals surface area (Å²) in [6.07, 6.45) is 2.31. The van der Waals surface area contributed by atoms with Crippen LogP contribution in [0.25, 0.3) is 6.08 Å². The van der Waals surface area contributed by atoms with Crippen molar-refractivity contribution in [3.63, 3.8) is 0 Å². The standard InChI is InChI=1S/C28H26BrNO5/c1-17-14-19-16-20(10-13-24(19)34-17)28(2,3)27(33)30-23(26(31)32)15-18-8-11-21(12-9-18)35-25-7-5-4-6-22(25)29/h4-13,15-17H,14H2,1-3H3,(H,30,33)(H,31,32). The number of carbonyl (C=O) groups is 2. The highest BCUT2D eigenvalue weighted by atomic mass is 79.9. The Labute approximate surface area is 212 Å². The van der Waals surface area contributed by atoms with Crippen LogP contribution in [0.3, 0.4) is 0 Å². The lowest BCUT2D eigenvalue weighted by molar-refractivity contribution is -0.135. The highest BCUT2D eigenvalue weighted by Crippen LogP contribution is 2.34. The Kier molecular flexibility index (Phi) is 6.98. The van der Waals surface area contributed by atoms with Crippen molar-refractivity contribution in [2.75, 3.05) is 0 Å². The van der Waals surface area contributed by atoms with Crippen molar-refractivity contribution in [3.05, 3.63) is 93.6 Å². The van der Waals surface area contributed by atoms with Gasteiger partial charge in [-0.3, -0.25) is 4.79 Å². The first-order valence-corrected chi connectivity index (χ1v) is 12.0. The van der Waals surface area contributed by atoms with E-state index in [0.29, 0.717) is 17.1 Å². The number of hydrogen-bond acceptors (Lipinski definition) is 4. The first kappa shape index (κ1) is 24.5. The molecule has 0 bridgehead atoms. The Hall–Kier alpha value is -3.58. The predicted molar refractivity (Wildman–Crippen MR) is 138 cm³/mol. The van der Waals surface area contributed by atoms with Gasteiger partial charge in [0.25, 0.3) is 0 Å². The molecule has 0 fully saturated rings. The van der Waals surface area contributed by atoms with Crippen LogP contribution >= 0.6 is 15.9 Å². The van der Waals surface area contributed by atoms with E-state index in [0.717, 1.165) is 27.8 Å². The molecule has 7 heteroatoms. The van der Waals surface area contributed by atoms with Crippen molar-refractivity contribution < 1.29 is 24.2 Å². The summed E-state index contributed by atoms with van der Waals surface area (Å²) in [4.78, 5) is 25.1. The zero-order chi connectivity index (χ0) is 25.2. The van der Waals surface area contributed by atoms with Crippen molar-refractivity contribution in [1.29, 1.82) is 0 Å². The lowest BCUT2D eigenvalue weighted by Crippen LogP contribution is -2.41. The van der Waals surface area contributed by atoms with Crippen LogP contribution in [0.15, 0.2) is 76.9 Å². The number of benzene rings is 3. The zero-order valence-electron chi connectivity index (χ0n) is 19.7. The minimum absolute atomic E-state index is 0.102. The lowest BCUT2D eigenvalue weighted by Gasteiger charge is -2.25. The largest absolute Gasteiger partial charge is 0.490 e. The molecule has 1 heterocycles. The molecule has 0 aliphatic carbocycles. The van der Waals surface area contributed by atoms with Gasteiger partial charge in [0.05, 0.1) is 9.89 Å². The van der Waals surface area contributed by atoms with Crippen LogP contribution in [0, 0.1) is 0 Å². The van der Waals surface area contributed by atoms with E-state index < -0.39 is 17.3 Å². The van der Waals surface area contributed by atoms with Crippen LogP contribution in [-0.4, -0.2) is 23.1 Å². The third-order valence-electron chi connectivity index (χ3n) is 5.92. The monoisotopic (exact) mass is 535 g/mol. The summed E-state index contributed by atoms with van der Waals surface area (Å²) in [5.74, 6) is 0.469. The van der Waals surface area contributed by atoms with Gasteiger partial charge in [-0.05, 0) is 89.8 Å². The van der Waals surface area contributed by atoms with E-state index in [1.807, 2.05) is 49.4 Å². The molecule has 2 N–H and O–H groups in total. The summed E-state index contributed by atoms with van der Waals surface area (Å²) in [6.45, 7) is 5.55. The van der Waals surface area contributed by atoms with E-state index in [-0.39, 0.29) is 11.8 Å². The van der Waals surface area contributed by atoms with Gasteiger partial charge >= 0.3 is 5.97 Å². The van der Waals surface area contributed by atoms with Gasteiger partial charge in [0.2, 0.25) is 5.91 Å². The molecule has 1 atom stereocenters. The molecule has 3 aromatic rings. The SMILES string of the molecule is CC1Cc2cc(C(C)(C)C(=O)NC(=Cc3ccc(Oc4ccccc4Br)cc3)C(=O)O)ccc2O1. The fourth-order valence-corrected chi connectivity index (χ4v) is 4.19. The predicted octanol–water partition coefficient (Wildman–Crippen LogP) is 6.08. The van der Waals surface area contributed by atoms with Crippen molar-refractivity contribution in [2.24, 2.45) is 0 Å². The number of fused-ring (bicyclic) bond motifs is 1. The second-order valence-electron chi connectivity index (χ2n) is 9.00. The maximum absolute atomic E-state index is 13.2. The van der Waals surface area contributed by atoms with Crippen LogP contribution in [0.4, 0.5) is 0 Å². The minimum Gasteiger partial charge on any atom is -0.490 e. The van der Waals surface area contributed by atoms with Gasteiger partial charge < -0.3 is 19.9 Å². The van der Waals surface area contributed by atoms with E-state index in [9.17, 15) is 14.7 Å². The highest BCUT2D eigenvalue weighted by molar-refractivity contribution is 9.10. The number of ether oxygens (including phenoxy) is 2. The van der Waals surface area contributed by atoms with Crippen molar-refractivity contribution in [2.45, 2.75) is 38.7 Å². The molecule has 3 aromatic carbocycles. The average Bonchev–Trinajstić information content (AvgIpc) is 3.20. The second-order valence-corrected chi connectivity index (χ2v) is 9.85. The van der Waals surface area contributed by atoms with Gasteiger partial charge in [0, 0.05) is 6.42 Å². The van der Waals surface area contributed by atoms with Gasteiger partial charge in [-0.1, -0.05) is 36.4 Å². The Balaban J connectivity index is 1.50. The van der Waals surface area contributed by atoms with Gasteiger partial charge in [0.1, 0.15) is 29.0 Å². The van der Waals surface area contributed by atoms with Crippen molar-refractivity contribution in [1.82, 2.24) is 5.32 Å². The quantitative estimate of drug-likeness (QED) is 0.358. The molecule has 1 aliphatic rings. The lowest BCUT2D eigenvalue weighted by atomic mass is 9.82. The molecule has 1 aliphatic heterocycles. The molecule has 6 nitrogen and oxygen atoms in total. The summed E-state index contributed by atoms with van der Waals surface area (Å²) in [5.41, 5.74) is 1.31. The number of amides is 1. The molecule has 35 heavy (non-hydrogen) atoms. The number of hydrogen-bond donors (Lipinski definition) is 2. The Morgan fingerprint density at radius 2 is 1.83 bits per heavy atom. The molecule has 1 amide bonds. The Morgan fingerprint density at radius 1 is 1.11 bits per heavy atom. The summed E-state index contributed by atoms with van der Waals surface area (Å²) >= 11 is 3.44. The maximum Gasteiger partial charge on any atom is 0.352 e. The van der Waals surface area contributed by atoms with Crippen LogP contribution in [-0.2, 0) is 21.4 Å². The maximum atomic E-state index is 13.2. The summed E-state index contributed by atoms with van der Waals surface area (Å²) in [6, 6.07) is 20.1. The number of rotatable bonds is 7. The van der Waals surface area contributed by atoms with Crippen molar-refractivity contribution in [3.8, 4) is 17.2 Å². The average molecular weight is 536 g/mol. The topological polar surface area (TPSA) is 84.9 Å². The van der Waals surface area contributed by atoms with Crippen LogP contribution in [0.5, 0.6) is 17.2 Å². The molecule has 0 aromatic heterocycles. The second kappa shape index (κ2) is 9.96. The molecule has 0 radical (unpaired) electrons. The van der Waals surface area contributed by atoms with E-state index in [1.165, 1.54) is 6.08 Å². The Morgan fingerprint density at radius 3 is 2.51 bits per heavy atom. The molecule has 0 saturated carbocycles. The number of nitrogens with one attached hydrogen (secondary N) is 1. The molecular formula is C28H26BrNO5. The third-order valence-corrected chi connectivity index (χ3v) is 6.57. The van der Waals surface area contributed by atoms with Gasteiger partial charge in [-0.25, -0.2) is 4.79 Å². The smallest absolute Gasteiger partial charge is 0.352 e. The number of carbonyl (C=O) groups excluding carboxylic acids is 1. The third kappa shape index (κ3) is 5.57. The zero-order valence-corrected chi connectivity index (χ0v) is 21.3. The van der Waals surface area contributed by atoms with E-state index in [2.05, 4.69) is 21.2 Å². The fourth-order valence-electron chi connectivity index (χ4n) is 3.82. The number of carboxylic acid groups (broad SMARTS) is 1. The van der Waals surface area contributed by atoms with Crippen LogP contribution < -0.4 is 14.8 Å². The summed E-state index contributed by atoms with van der Waals surface area (Å²) in [5, 5.41) is 12.3. The van der Waals surface area contributed by atoms with E-state index in [4.69, 9.17) is 9.47 Å². The van der Waals surface area contributed by atoms with Gasteiger partial charge in [-0.2, -0.15) is 0 Å². The number of para-hydroxylation sites is 1. The van der Waals surface area contributed by atoms with Crippen LogP contribution in [0.1, 0.15) is 37.5 Å². The van der Waals surface area contributed by atoms with Crippen molar-refractivity contribution >= 4 is 33.9 Å². The molecule has 1 unspecified atom stereocenters. The molecule has 4 rings (SSSR count). The highest BCUT2D eigenvalue weighted by Gasteiger charge is 2.33. The number of aliphatic carboxylic acids is 1. The Bertz CT molecular complexity index is 1300. The summed E-state index contributed by atoms with van der Waals surface area (Å²) in [7, 11) is 0. The van der Waals surface area contributed by atoms with Gasteiger partial charge in [-0.15, -0.1) is 0 Å². The minimum atomic E-state index is -1.22. The number of halogens is 1. The fraction of sp³-hybridized carbons (Fsp3) is 0.214. The molecule has 0 spiro atoms. The van der Waals surface area contributed by atoms with Crippen LogP contribution in [0.2, 0.25) is 0 Å².